The van der Waals surface area contributed by atoms with Crippen molar-refractivity contribution in [1.82, 2.24) is 9.88 Å². The number of amides is 4. The molecule has 1 N–H and O–H groups in total. The molecule has 1 aliphatic rings. The van der Waals surface area contributed by atoms with E-state index < -0.39 is 23.8 Å². The number of anilines is 1. The number of aryl methyl sites for hydroxylation is 1. The Labute approximate surface area is 210 Å². The Morgan fingerprint density at radius 2 is 1.74 bits per heavy atom. The molecule has 4 amide bonds. The zero-order chi connectivity index (χ0) is 25.3. The molecule has 1 aliphatic heterocycles. The van der Waals surface area contributed by atoms with Crippen molar-refractivity contribution in [3.8, 4) is 5.69 Å². The number of rotatable bonds is 5. The highest BCUT2D eigenvalue weighted by molar-refractivity contribution is 9.10. The van der Waals surface area contributed by atoms with Crippen molar-refractivity contribution in [3.63, 3.8) is 0 Å². The molecule has 8 nitrogen and oxygen atoms in total. The monoisotopic (exact) mass is 535 g/mol. The lowest BCUT2D eigenvalue weighted by Crippen LogP contribution is -2.54. The van der Waals surface area contributed by atoms with Crippen LogP contribution in [0.5, 0.6) is 0 Å². The second-order valence-electron chi connectivity index (χ2n) is 7.87. The van der Waals surface area contributed by atoms with Crippen molar-refractivity contribution in [3.05, 3.63) is 87.2 Å². The Morgan fingerprint density at radius 1 is 1.03 bits per heavy atom. The molecule has 0 radical (unpaired) electrons. The number of carbonyl (C=O) groups is 4. The summed E-state index contributed by atoms with van der Waals surface area (Å²) < 4.78 is 7.67. The minimum absolute atomic E-state index is 0.150. The average molecular weight is 536 g/mol. The summed E-state index contributed by atoms with van der Waals surface area (Å²) in [5.41, 5.74) is 3.74. The van der Waals surface area contributed by atoms with Crippen molar-refractivity contribution in [2.75, 3.05) is 11.5 Å². The smallest absolute Gasteiger partial charge is 0.338 e. The number of nitrogens with zero attached hydrogens (tertiary/aromatic N) is 2. The van der Waals surface area contributed by atoms with E-state index in [-0.39, 0.29) is 5.57 Å². The summed E-state index contributed by atoms with van der Waals surface area (Å²) in [5.74, 6) is -1.85. The van der Waals surface area contributed by atoms with Crippen molar-refractivity contribution in [2.45, 2.75) is 20.8 Å². The van der Waals surface area contributed by atoms with Crippen molar-refractivity contribution in [1.29, 1.82) is 0 Å². The molecule has 3 aromatic rings. The maximum absolute atomic E-state index is 13.2. The molecule has 35 heavy (non-hydrogen) atoms. The molecule has 0 unspecified atom stereocenters. The van der Waals surface area contributed by atoms with Crippen molar-refractivity contribution in [2.24, 2.45) is 0 Å². The fourth-order valence-corrected chi connectivity index (χ4v) is 4.34. The standard InChI is InChI=1S/C26H22BrN3O5/c1-4-35-25(33)17-8-10-20(11-9-17)29-15(2)12-18(16(29)3)13-22-23(31)28-26(34)30(24(22)32)21-7-5-6-19(27)14-21/h5-14H,4H2,1-3H3,(H,28,31,34)/b22-13+. The third kappa shape index (κ3) is 4.67. The third-order valence-corrected chi connectivity index (χ3v) is 6.07. The van der Waals surface area contributed by atoms with Crippen LogP contribution in [0.1, 0.15) is 34.2 Å². The molecular formula is C26H22BrN3O5. The minimum Gasteiger partial charge on any atom is -0.462 e. The van der Waals surface area contributed by atoms with Crippen LogP contribution < -0.4 is 10.2 Å². The van der Waals surface area contributed by atoms with Crippen LogP contribution in [0.4, 0.5) is 10.5 Å². The summed E-state index contributed by atoms with van der Waals surface area (Å²) in [5, 5.41) is 2.24. The number of barbiturate groups is 1. The first-order valence-corrected chi connectivity index (χ1v) is 11.6. The van der Waals surface area contributed by atoms with Crippen LogP contribution in [0.25, 0.3) is 11.8 Å². The van der Waals surface area contributed by atoms with E-state index in [0.717, 1.165) is 22.0 Å². The number of hydrogen-bond donors (Lipinski definition) is 1. The Kier molecular flexibility index (Phi) is 6.70. The first kappa shape index (κ1) is 24.2. The molecule has 0 saturated carbocycles. The third-order valence-electron chi connectivity index (χ3n) is 5.57. The topological polar surface area (TPSA) is 97.7 Å². The molecule has 178 valence electrons. The number of carbonyl (C=O) groups excluding carboxylic acids is 4. The largest absolute Gasteiger partial charge is 0.462 e. The Morgan fingerprint density at radius 3 is 2.40 bits per heavy atom. The number of halogens is 1. The Balaban J connectivity index is 1.70. The van der Waals surface area contributed by atoms with Crippen LogP contribution in [0.3, 0.4) is 0 Å². The number of imide groups is 2. The van der Waals surface area contributed by atoms with E-state index in [1.807, 2.05) is 24.5 Å². The predicted octanol–water partition coefficient (Wildman–Crippen LogP) is 4.70. The van der Waals surface area contributed by atoms with Gasteiger partial charge in [0.2, 0.25) is 0 Å². The number of nitrogens with one attached hydrogen (secondary N) is 1. The summed E-state index contributed by atoms with van der Waals surface area (Å²) in [6.45, 7) is 5.81. The van der Waals surface area contributed by atoms with Gasteiger partial charge in [-0.2, -0.15) is 0 Å². The van der Waals surface area contributed by atoms with Gasteiger partial charge in [0.05, 0.1) is 17.9 Å². The zero-order valence-electron chi connectivity index (χ0n) is 19.3. The van der Waals surface area contributed by atoms with E-state index >= 15 is 0 Å². The van der Waals surface area contributed by atoms with Crippen molar-refractivity contribution < 1.29 is 23.9 Å². The summed E-state index contributed by atoms with van der Waals surface area (Å²) in [4.78, 5) is 51.1. The van der Waals surface area contributed by atoms with Gasteiger partial charge in [-0.1, -0.05) is 22.0 Å². The fourth-order valence-electron chi connectivity index (χ4n) is 3.95. The van der Waals surface area contributed by atoms with Crippen LogP contribution in [0.2, 0.25) is 0 Å². The number of aromatic nitrogens is 1. The van der Waals surface area contributed by atoms with Crippen LogP contribution in [0.15, 0.2) is 64.6 Å². The van der Waals surface area contributed by atoms with Crippen LogP contribution >= 0.6 is 15.9 Å². The molecule has 4 rings (SSSR count). The van der Waals surface area contributed by atoms with E-state index in [2.05, 4.69) is 21.2 Å². The predicted molar refractivity (Wildman–Crippen MR) is 134 cm³/mol. The first-order valence-electron chi connectivity index (χ1n) is 10.8. The first-order chi connectivity index (χ1) is 16.7. The zero-order valence-corrected chi connectivity index (χ0v) is 20.9. The van der Waals surface area contributed by atoms with Crippen LogP contribution in [-0.2, 0) is 14.3 Å². The number of benzene rings is 2. The van der Waals surface area contributed by atoms with E-state index in [1.165, 1.54) is 6.08 Å². The summed E-state index contributed by atoms with van der Waals surface area (Å²) in [6, 6.07) is 14.7. The molecule has 2 heterocycles. The van der Waals surface area contributed by atoms with Gasteiger partial charge in [-0.05, 0) is 80.9 Å². The van der Waals surface area contributed by atoms with E-state index in [1.54, 1.807) is 55.5 Å². The molecule has 0 bridgehead atoms. The van der Waals surface area contributed by atoms with Crippen LogP contribution in [0, 0.1) is 13.8 Å². The van der Waals surface area contributed by atoms with Crippen LogP contribution in [-0.4, -0.2) is 35.0 Å². The lowest BCUT2D eigenvalue weighted by atomic mass is 10.1. The van der Waals surface area contributed by atoms with Gasteiger partial charge >= 0.3 is 12.0 Å². The fraction of sp³-hybridized carbons (Fsp3) is 0.154. The van der Waals surface area contributed by atoms with Crippen molar-refractivity contribution >= 4 is 51.5 Å². The maximum atomic E-state index is 13.2. The van der Waals surface area contributed by atoms with E-state index in [9.17, 15) is 19.2 Å². The normalized spacial score (nSPS) is 14.9. The number of esters is 1. The quantitative estimate of drug-likeness (QED) is 0.290. The minimum atomic E-state index is -0.803. The maximum Gasteiger partial charge on any atom is 0.338 e. The highest BCUT2D eigenvalue weighted by Crippen LogP contribution is 2.27. The van der Waals surface area contributed by atoms with Gasteiger partial charge in [0.25, 0.3) is 11.8 Å². The molecule has 2 aromatic carbocycles. The number of urea groups is 1. The highest BCUT2D eigenvalue weighted by atomic mass is 79.9. The molecule has 9 heteroatoms. The lowest BCUT2D eigenvalue weighted by molar-refractivity contribution is -0.122. The summed E-state index contributed by atoms with van der Waals surface area (Å²) in [7, 11) is 0. The van der Waals surface area contributed by atoms with Gasteiger partial charge in [-0.25, -0.2) is 14.5 Å². The van der Waals surface area contributed by atoms with Gasteiger partial charge < -0.3 is 9.30 Å². The van der Waals surface area contributed by atoms with Gasteiger partial charge in [0, 0.05) is 21.5 Å². The molecule has 1 aromatic heterocycles. The SMILES string of the molecule is CCOC(=O)c1ccc(-n2c(C)cc(/C=C3\C(=O)NC(=O)N(c4cccc(Br)c4)C3=O)c2C)cc1. The molecule has 0 spiro atoms. The molecule has 0 aliphatic carbocycles. The second kappa shape index (κ2) is 9.71. The number of hydrogen-bond acceptors (Lipinski definition) is 5. The van der Waals surface area contributed by atoms with Gasteiger partial charge in [-0.3, -0.25) is 14.9 Å². The number of ether oxygens (including phenoxy) is 1. The van der Waals surface area contributed by atoms with Gasteiger partial charge in [0.1, 0.15) is 5.57 Å². The lowest BCUT2D eigenvalue weighted by Gasteiger charge is -2.26. The van der Waals surface area contributed by atoms with E-state index in [4.69, 9.17) is 4.74 Å². The second-order valence-corrected chi connectivity index (χ2v) is 8.78. The average Bonchev–Trinajstić information content (AvgIpc) is 3.09. The summed E-state index contributed by atoms with van der Waals surface area (Å²) >= 11 is 3.33. The highest BCUT2D eigenvalue weighted by Gasteiger charge is 2.37. The molecular weight excluding hydrogens is 514 g/mol. The molecule has 1 saturated heterocycles. The molecule has 0 atom stereocenters. The Hall–Kier alpha value is -3.98. The summed E-state index contributed by atoms with van der Waals surface area (Å²) in [6.07, 6.45) is 1.49. The van der Waals surface area contributed by atoms with Gasteiger partial charge in [0.15, 0.2) is 0 Å². The van der Waals surface area contributed by atoms with Gasteiger partial charge in [-0.15, -0.1) is 0 Å². The molecule has 1 fully saturated rings. The van der Waals surface area contributed by atoms with E-state index in [0.29, 0.717) is 27.9 Å². The Bertz CT molecular complexity index is 1390.